The van der Waals surface area contributed by atoms with Crippen molar-refractivity contribution >= 4 is 21.6 Å². The van der Waals surface area contributed by atoms with Gasteiger partial charge in [0.1, 0.15) is 30.4 Å². The topological polar surface area (TPSA) is 94.2 Å². The summed E-state index contributed by atoms with van der Waals surface area (Å²) in [4.78, 5) is 12.9. The third-order valence-electron chi connectivity index (χ3n) is 5.67. The summed E-state index contributed by atoms with van der Waals surface area (Å²) in [5.41, 5.74) is 1.23. The smallest absolute Gasteiger partial charge is 0.264 e. The number of nitrogens with zero attached hydrogens (tertiary/aromatic N) is 1. The Bertz CT molecular complexity index is 1300. The number of carbonyl (C=O) groups is 1. The molecule has 198 valence electrons. The molecule has 37 heavy (non-hydrogen) atoms. The van der Waals surface area contributed by atoms with Gasteiger partial charge in [-0.3, -0.25) is 9.10 Å². The predicted octanol–water partition coefficient (Wildman–Crippen LogP) is 4.39. The summed E-state index contributed by atoms with van der Waals surface area (Å²) >= 11 is 0. The first kappa shape index (κ1) is 27.9. The number of hydrogen-bond acceptors (Lipinski definition) is 6. The highest BCUT2D eigenvalue weighted by Gasteiger charge is 2.29. The zero-order valence-electron chi connectivity index (χ0n) is 21.9. The molecule has 0 fully saturated rings. The van der Waals surface area contributed by atoms with E-state index in [0.29, 0.717) is 11.5 Å². The van der Waals surface area contributed by atoms with Crippen LogP contribution < -0.4 is 23.8 Å². The summed E-state index contributed by atoms with van der Waals surface area (Å²) in [7, 11) is -1.15. The number of methoxy groups -OCH3 is 2. The molecule has 0 aliphatic carbocycles. The lowest BCUT2D eigenvalue weighted by Gasteiger charge is -2.26. The van der Waals surface area contributed by atoms with Gasteiger partial charge in [-0.2, -0.15) is 0 Å². The highest BCUT2D eigenvalue weighted by molar-refractivity contribution is 7.92. The Kier molecular flexibility index (Phi) is 9.04. The van der Waals surface area contributed by atoms with E-state index in [1.807, 2.05) is 24.3 Å². The fraction of sp³-hybridized carbons (Fsp3) is 0.321. The molecule has 0 bridgehead atoms. The lowest BCUT2D eigenvalue weighted by molar-refractivity contribution is -0.119. The second-order valence-corrected chi connectivity index (χ2v) is 11.2. The van der Waals surface area contributed by atoms with Gasteiger partial charge in [-0.15, -0.1) is 0 Å². The summed E-state index contributed by atoms with van der Waals surface area (Å²) < 4.78 is 44.7. The summed E-state index contributed by atoms with van der Waals surface area (Å²) in [5, 5.41) is 2.76. The lowest BCUT2D eigenvalue weighted by Crippen LogP contribution is -2.42. The molecule has 3 rings (SSSR count). The Morgan fingerprint density at radius 2 is 1.49 bits per heavy atom. The largest absolute Gasteiger partial charge is 0.497 e. The average molecular weight is 527 g/mol. The van der Waals surface area contributed by atoms with Gasteiger partial charge in [0.25, 0.3) is 10.0 Å². The van der Waals surface area contributed by atoms with Gasteiger partial charge in [0.15, 0.2) is 0 Å². The molecule has 0 saturated carbocycles. The maximum absolute atomic E-state index is 13.6. The molecule has 0 spiro atoms. The van der Waals surface area contributed by atoms with E-state index in [1.54, 1.807) is 36.4 Å². The van der Waals surface area contributed by atoms with E-state index in [-0.39, 0.29) is 29.1 Å². The average Bonchev–Trinajstić information content (AvgIpc) is 2.89. The summed E-state index contributed by atoms with van der Waals surface area (Å²) in [6.45, 7) is 6.32. The number of ether oxygens (including phenoxy) is 3. The second-order valence-electron chi connectivity index (χ2n) is 9.30. The quantitative estimate of drug-likeness (QED) is 0.373. The number of para-hydroxylation sites is 3. The van der Waals surface area contributed by atoms with Crippen molar-refractivity contribution in [3.8, 4) is 17.2 Å². The van der Waals surface area contributed by atoms with Crippen LogP contribution in [0.4, 0.5) is 5.69 Å². The molecule has 0 aliphatic heterocycles. The molecule has 3 aromatic rings. The molecule has 3 aromatic carbocycles. The Morgan fingerprint density at radius 3 is 2.11 bits per heavy atom. The van der Waals surface area contributed by atoms with Crippen LogP contribution in [0.15, 0.2) is 77.7 Å². The molecule has 0 unspecified atom stereocenters. The van der Waals surface area contributed by atoms with Crippen molar-refractivity contribution < 1.29 is 27.4 Å². The molecule has 0 aromatic heterocycles. The number of amides is 1. The Morgan fingerprint density at radius 1 is 0.865 bits per heavy atom. The summed E-state index contributed by atoms with van der Waals surface area (Å²) in [6.07, 6.45) is 0. The molecular weight excluding hydrogens is 492 g/mol. The number of benzene rings is 3. The zero-order valence-corrected chi connectivity index (χ0v) is 22.7. The molecule has 1 N–H and O–H groups in total. The van der Waals surface area contributed by atoms with Crippen LogP contribution in [0.2, 0.25) is 0 Å². The SMILES string of the molecule is COc1ccc(S(=O)(=O)N(CC(=O)NCCOc2ccccc2C(C)(C)C)c2ccccc2OC)cc1. The number of rotatable bonds is 11. The first-order chi connectivity index (χ1) is 17.6. The van der Waals surface area contributed by atoms with Crippen molar-refractivity contribution in [3.05, 3.63) is 78.4 Å². The minimum absolute atomic E-state index is 0.0223. The molecule has 1 amide bonds. The van der Waals surface area contributed by atoms with Gasteiger partial charge in [0.05, 0.1) is 31.3 Å². The number of hydrogen-bond donors (Lipinski definition) is 1. The number of nitrogens with one attached hydrogen (secondary N) is 1. The van der Waals surface area contributed by atoms with Crippen molar-refractivity contribution in [3.63, 3.8) is 0 Å². The molecule has 0 aliphatic rings. The molecular formula is C28H34N2O6S. The maximum atomic E-state index is 13.6. The first-order valence-electron chi connectivity index (χ1n) is 11.9. The standard InChI is InChI=1S/C28H34N2O6S/c1-28(2,3)23-10-6-8-12-25(23)36-19-18-29-27(31)20-30(24-11-7-9-13-26(24)35-5)37(32,33)22-16-14-21(34-4)15-17-22/h6-17H,18-20H2,1-5H3,(H,29,31). The van der Waals surface area contributed by atoms with Crippen LogP contribution >= 0.6 is 0 Å². The van der Waals surface area contributed by atoms with Crippen LogP contribution in [-0.2, 0) is 20.2 Å². The lowest BCUT2D eigenvalue weighted by atomic mass is 9.86. The van der Waals surface area contributed by atoms with Gasteiger partial charge in [0.2, 0.25) is 5.91 Å². The third-order valence-corrected chi connectivity index (χ3v) is 7.44. The van der Waals surface area contributed by atoms with Crippen molar-refractivity contribution in [2.45, 2.75) is 31.1 Å². The first-order valence-corrected chi connectivity index (χ1v) is 13.3. The molecule has 8 nitrogen and oxygen atoms in total. The third kappa shape index (κ3) is 6.95. The summed E-state index contributed by atoms with van der Waals surface area (Å²) in [5.74, 6) is 1.13. The minimum atomic E-state index is -4.10. The van der Waals surface area contributed by atoms with Gasteiger partial charge in [-0.25, -0.2) is 8.42 Å². The molecule has 0 heterocycles. The van der Waals surface area contributed by atoms with Crippen LogP contribution in [-0.4, -0.2) is 48.2 Å². The van der Waals surface area contributed by atoms with E-state index in [0.717, 1.165) is 15.6 Å². The minimum Gasteiger partial charge on any atom is -0.497 e. The predicted molar refractivity (Wildman–Crippen MR) is 144 cm³/mol. The van der Waals surface area contributed by atoms with Crippen LogP contribution in [0.25, 0.3) is 0 Å². The number of carbonyl (C=O) groups excluding carboxylic acids is 1. The summed E-state index contributed by atoms with van der Waals surface area (Å²) in [6, 6.07) is 20.4. The molecule has 0 atom stereocenters. The van der Waals surface area contributed by atoms with E-state index in [2.05, 4.69) is 26.1 Å². The van der Waals surface area contributed by atoms with Gasteiger partial charge in [-0.1, -0.05) is 51.1 Å². The van der Waals surface area contributed by atoms with Crippen LogP contribution in [0.5, 0.6) is 17.2 Å². The molecule has 0 saturated heterocycles. The Labute approximate surface area is 219 Å². The monoisotopic (exact) mass is 526 g/mol. The van der Waals surface area contributed by atoms with Crippen molar-refractivity contribution in [1.29, 1.82) is 0 Å². The van der Waals surface area contributed by atoms with Gasteiger partial charge in [0, 0.05) is 0 Å². The van der Waals surface area contributed by atoms with Gasteiger partial charge in [-0.05, 0) is 53.4 Å². The maximum Gasteiger partial charge on any atom is 0.264 e. The molecule has 9 heteroatoms. The fourth-order valence-electron chi connectivity index (χ4n) is 3.76. The number of sulfonamides is 1. The van der Waals surface area contributed by atoms with E-state index in [1.165, 1.54) is 26.4 Å². The van der Waals surface area contributed by atoms with E-state index < -0.39 is 22.5 Å². The van der Waals surface area contributed by atoms with Crippen molar-refractivity contribution in [2.75, 3.05) is 38.2 Å². The fourth-order valence-corrected chi connectivity index (χ4v) is 5.19. The normalized spacial score (nSPS) is 11.5. The second kappa shape index (κ2) is 12.0. The Balaban J connectivity index is 1.75. The van der Waals surface area contributed by atoms with Gasteiger partial charge >= 0.3 is 0 Å². The van der Waals surface area contributed by atoms with Crippen LogP contribution in [0, 0.1) is 0 Å². The van der Waals surface area contributed by atoms with E-state index in [4.69, 9.17) is 14.2 Å². The molecule has 0 radical (unpaired) electrons. The Hall–Kier alpha value is -3.72. The van der Waals surface area contributed by atoms with E-state index in [9.17, 15) is 13.2 Å². The highest BCUT2D eigenvalue weighted by Crippen LogP contribution is 2.33. The van der Waals surface area contributed by atoms with Crippen LogP contribution in [0.3, 0.4) is 0 Å². The van der Waals surface area contributed by atoms with Crippen LogP contribution in [0.1, 0.15) is 26.3 Å². The van der Waals surface area contributed by atoms with Gasteiger partial charge < -0.3 is 19.5 Å². The number of anilines is 1. The van der Waals surface area contributed by atoms with E-state index >= 15 is 0 Å². The highest BCUT2D eigenvalue weighted by atomic mass is 32.2. The zero-order chi connectivity index (χ0) is 27.1. The van der Waals surface area contributed by atoms with Crippen molar-refractivity contribution in [1.82, 2.24) is 5.32 Å². The van der Waals surface area contributed by atoms with Crippen molar-refractivity contribution in [2.24, 2.45) is 0 Å².